The summed E-state index contributed by atoms with van der Waals surface area (Å²) in [6.45, 7) is 3.21. The molecule has 0 spiro atoms. The highest BCUT2D eigenvalue weighted by Gasteiger charge is 2.31. The van der Waals surface area contributed by atoms with E-state index in [0.29, 0.717) is 31.0 Å². The fourth-order valence-electron chi connectivity index (χ4n) is 5.05. The van der Waals surface area contributed by atoms with Crippen LogP contribution in [0.15, 0.2) is 101 Å². The van der Waals surface area contributed by atoms with E-state index in [1.807, 2.05) is 42.5 Å². The predicted molar refractivity (Wildman–Crippen MR) is 151 cm³/mol. The fraction of sp³-hybridized carbons (Fsp3) is 0.194. The number of benzene rings is 2. The van der Waals surface area contributed by atoms with Crippen LogP contribution < -0.4 is 5.56 Å². The Bertz CT molecular complexity index is 1800. The molecule has 4 heterocycles. The summed E-state index contributed by atoms with van der Waals surface area (Å²) in [5.41, 5.74) is 3.95. The Balaban J connectivity index is 1.52. The molecule has 0 saturated heterocycles. The number of hydrogen-bond acceptors (Lipinski definition) is 7. The Kier molecular flexibility index (Phi) is 7.46. The van der Waals surface area contributed by atoms with E-state index in [1.165, 1.54) is 12.1 Å². The van der Waals surface area contributed by atoms with E-state index in [0.717, 1.165) is 39.8 Å². The summed E-state index contributed by atoms with van der Waals surface area (Å²) in [6, 6.07) is 21.1. The first kappa shape index (κ1) is 26.3. The van der Waals surface area contributed by atoms with Gasteiger partial charge in [-0.3, -0.25) is 14.7 Å². The van der Waals surface area contributed by atoms with Crippen LogP contribution in [0.5, 0.6) is 0 Å². The number of tetrazole rings is 1. The van der Waals surface area contributed by atoms with Gasteiger partial charge in [0.2, 0.25) is 0 Å². The lowest BCUT2D eigenvalue weighted by Gasteiger charge is -2.30. The molecule has 0 radical (unpaired) electrons. The van der Waals surface area contributed by atoms with E-state index in [-0.39, 0.29) is 11.4 Å². The van der Waals surface area contributed by atoms with Gasteiger partial charge in [-0.2, -0.15) is 0 Å². The lowest BCUT2D eigenvalue weighted by Crippen LogP contribution is -2.35. The number of furan rings is 1. The third-order valence-corrected chi connectivity index (χ3v) is 7.10. The van der Waals surface area contributed by atoms with Crippen LogP contribution in [-0.2, 0) is 26.1 Å². The highest BCUT2D eigenvalue weighted by atomic mass is 19.1. The van der Waals surface area contributed by atoms with Gasteiger partial charge in [0, 0.05) is 30.0 Å². The van der Waals surface area contributed by atoms with E-state index in [2.05, 4.69) is 43.4 Å². The van der Waals surface area contributed by atoms with Gasteiger partial charge in [-0.1, -0.05) is 31.2 Å². The van der Waals surface area contributed by atoms with Crippen LogP contribution in [-0.4, -0.2) is 35.1 Å². The highest BCUT2D eigenvalue weighted by Crippen LogP contribution is 2.30. The lowest BCUT2D eigenvalue weighted by atomic mass is 10.0. The molecular weight excluding hydrogens is 521 g/mol. The number of aromatic nitrogens is 6. The van der Waals surface area contributed by atoms with Crippen molar-refractivity contribution in [3.63, 3.8) is 0 Å². The smallest absolute Gasteiger partial charge is 0.253 e. The molecule has 1 N–H and O–H groups in total. The Hall–Kier alpha value is -4.96. The topological polar surface area (TPSA) is 106 Å². The molecule has 206 valence electrons. The second-order valence-corrected chi connectivity index (χ2v) is 9.90. The molecule has 0 aliphatic rings. The normalized spacial score (nSPS) is 12.3. The van der Waals surface area contributed by atoms with Crippen molar-refractivity contribution in [1.29, 1.82) is 0 Å². The monoisotopic (exact) mass is 549 g/mol. The highest BCUT2D eigenvalue weighted by molar-refractivity contribution is 5.80. The minimum atomic E-state index is -0.658. The molecule has 1 unspecified atom stereocenters. The van der Waals surface area contributed by atoms with Crippen molar-refractivity contribution >= 4 is 10.9 Å². The molecule has 0 amide bonds. The Morgan fingerprint density at radius 2 is 1.85 bits per heavy atom. The number of nitrogens with one attached hydrogen (secondary N) is 1. The largest absolute Gasteiger partial charge is 0.468 e. The van der Waals surface area contributed by atoms with Gasteiger partial charge in [0.15, 0.2) is 5.82 Å². The first-order valence-corrected chi connectivity index (χ1v) is 13.4. The van der Waals surface area contributed by atoms with Crippen molar-refractivity contribution < 1.29 is 8.81 Å². The molecule has 0 fully saturated rings. The van der Waals surface area contributed by atoms with Gasteiger partial charge >= 0.3 is 0 Å². The molecule has 41 heavy (non-hydrogen) atoms. The lowest BCUT2D eigenvalue weighted by molar-refractivity contribution is 0.179. The summed E-state index contributed by atoms with van der Waals surface area (Å²) in [5, 5.41) is 13.6. The Morgan fingerprint density at radius 3 is 2.61 bits per heavy atom. The maximum Gasteiger partial charge on any atom is 0.253 e. The standard InChI is InChI=1S/C31H28FN7O2/c1-2-21-9-12-28-24(15-21)16-27(31(40)34-28)29(30-35-36-37-39(30)19-22-7-10-25(32)11-8-22)38(20-26-6-4-14-41-26)18-23-5-3-13-33-17-23/h3-17,29H,2,18-20H2,1H3,(H,34,40). The summed E-state index contributed by atoms with van der Waals surface area (Å²) in [7, 11) is 0. The number of halogens is 1. The van der Waals surface area contributed by atoms with E-state index in [4.69, 9.17) is 4.42 Å². The van der Waals surface area contributed by atoms with Gasteiger partial charge < -0.3 is 9.40 Å². The number of fused-ring (bicyclic) bond motifs is 1. The minimum Gasteiger partial charge on any atom is -0.468 e. The third-order valence-electron chi connectivity index (χ3n) is 7.10. The molecule has 6 rings (SSSR count). The molecule has 0 saturated carbocycles. The minimum absolute atomic E-state index is 0.237. The number of aryl methyl sites for hydroxylation is 1. The van der Waals surface area contributed by atoms with Gasteiger partial charge in [-0.25, -0.2) is 9.07 Å². The number of nitrogens with zero attached hydrogens (tertiary/aromatic N) is 6. The van der Waals surface area contributed by atoms with E-state index < -0.39 is 6.04 Å². The van der Waals surface area contributed by atoms with Gasteiger partial charge in [0.05, 0.1) is 19.4 Å². The predicted octanol–water partition coefficient (Wildman–Crippen LogP) is 5.04. The quantitative estimate of drug-likeness (QED) is 0.255. The average molecular weight is 550 g/mol. The first-order chi connectivity index (χ1) is 20.1. The molecule has 1 atom stereocenters. The fourth-order valence-corrected chi connectivity index (χ4v) is 5.05. The number of rotatable bonds is 10. The summed E-state index contributed by atoms with van der Waals surface area (Å²) in [4.78, 5) is 23.2. The number of pyridine rings is 2. The van der Waals surface area contributed by atoms with Gasteiger partial charge in [-0.15, -0.1) is 5.10 Å². The maximum absolute atomic E-state index is 13.8. The SMILES string of the molecule is CCc1ccc2[nH]c(=O)c(C(c3nnnn3Cc3ccc(F)cc3)N(Cc3cccnc3)Cc3ccco3)cc2c1. The van der Waals surface area contributed by atoms with Crippen molar-refractivity contribution in [2.75, 3.05) is 0 Å². The zero-order valence-corrected chi connectivity index (χ0v) is 22.4. The molecule has 4 aromatic heterocycles. The van der Waals surface area contributed by atoms with E-state index in [1.54, 1.807) is 35.5 Å². The van der Waals surface area contributed by atoms with Gasteiger partial charge in [-0.05, 0) is 87.5 Å². The molecule has 9 nitrogen and oxygen atoms in total. The van der Waals surface area contributed by atoms with Crippen LogP contribution >= 0.6 is 0 Å². The Labute approximate surface area is 235 Å². The van der Waals surface area contributed by atoms with Crippen LogP contribution in [0.1, 0.15) is 46.8 Å². The number of hydrogen-bond donors (Lipinski definition) is 1. The van der Waals surface area contributed by atoms with Crippen molar-refractivity contribution in [2.24, 2.45) is 0 Å². The van der Waals surface area contributed by atoms with Crippen LogP contribution in [0, 0.1) is 5.82 Å². The van der Waals surface area contributed by atoms with Crippen LogP contribution in [0.4, 0.5) is 4.39 Å². The van der Waals surface area contributed by atoms with Crippen molar-refractivity contribution in [3.05, 3.63) is 141 Å². The zero-order chi connectivity index (χ0) is 28.2. The summed E-state index contributed by atoms with van der Waals surface area (Å²) in [5.74, 6) is 0.877. The maximum atomic E-state index is 13.8. The first-order valence-electron chi connectivity index (χ1n) is 13.4. The molecule has 0 aliphatic heterocycles. The van der Waals surface area contributed by atoms with E-state index in [9.17, 15) is 9.18 Å². The molecule has 10 heteroatoms. The summed E-state index contributed by atoms with van der Waals surface area (Å²) >= 11 is 0. The van der Waals surface area contributed by atoms with Gasteiger partial charge in [0.1, 0.15) is 17.6 Å². The van der Waals surface area contributed by atoms with Crippen LogP contribution in [0.3, 0.4) is 0 Å². The van der Waals surface area contributed by atoms with Crippen molar-refractivity contribution in [2.45, 2.75) is 39.0 Å². The number of aromatic amines is 1. The van der Waals surface area contributed by atoms with Gasteiger partial charge in [0.25, 0.3) is 5.56 Å². The molecule has 0 aliphatic carbocycles. The molecule has 6 aromatic rings. The summed E-state index contributed by atoms with van der Waals surface area (Å²) < 4.78 is 21.0. The van der Waals surface area contributed by atoms with Crippen LogP contribution in [0.25, 0.3) is 10.9 Å². The molecular formula is C31H28FN7O2. The van der Waals surface area contributed by atoms with Crippen molar-refractivity contribution in [3.8, 4) is 0 Å². The summed E-state index contributed by atoms with van der Waals surface area (Å²) in [6.07, 6.45) is 6.02. The van der Waals surface area contributed by atoms with E-state index >= 15 is 0 Å². The number of H-pyrrole nitrogens is 1. The zero-order valence-electron chi connectivity index (χ0n) is 22.4. The van der Waals surface area contributed by atoms with Crippen LogP contribution in [0.2, 0.25) is 0 Å². The molecule has 2 aromatic carbocycles. The molecule has 0 bridgehead atoms. The third kappa shape index (κ3) is 5.82. The Morgan fingerprint density at radius 1 is 1.00 bits per heavy atom. The van der Waals surface area contributed by atoms with Crippen molar-refractivity contribution in [1.82, 2.24) is 35.1 Å². The second kappa shape index (κ2) is 11.6. The average Bonchev–Trinajstić information content (AvgIpc) is 3.67. The second-order valence-electron chi connectivity index (χ2n) is 9.90.